The predicted octanol–water partition coefficient (Wildman–Crippen LogP) is 1.73. The van der Waals surface area contributed by atoms with Gasteiger partial charge in [-0.05, 0) is 44.6 Å². The van der Waals surface area contributed by atoms with Gasteiger partial charge in [0.25, 0.3) is 0 Å². The van der Waals surface area contributed by atoms with Crippen molar-refractivity contribution >= 4 is 17.7 Å². The number of carbonyl (C=O) groups is 3. The summed E-state index contributed by atoms with van der Waals surface area (Å²) in [6.07, 6.45) is 5.13. The van der Waals surface area contributed by atoms with Crippen molar-refractivity contribution in [3.05, 3.63) is 29.8 Å². The Bertz CT molecular complexity index is 906. The van der Waals surface area contributed by atoms with Crippen LogP contribution in [0.4, 0.5) is 0 Å². The first-order valence-corrected chi connectivity index (χ1v) is 12.5. The van der Waals surface area contributed by atoms with Crippen molar-refractivity contribution in [2.45, 2.75) is 50.0 Å². The summed E-state index contributed by atoms with van der Waals surface area (Å²) in [5.41, 5.74) is -0.507. The molecule has 2 aliphatic heterocycles. The Labute approximate surface area is 202 Å². The van der Waals surface area contributed by atoms with Gasteiger partial charge in [0, 0.05) is 58.2 Å². The van der Waals surface area contributed by atoms with Crippen LogP contribution in [0.15, 0.2) is 24.3 Å². The molecule has 3 aliphatic rings. The molecule has 34 heavy (non-hydrogen) atoms. The van der Waals surface area contributed by atoms with Crippen molar-refractivity contribution in [1.29, 1.82) is 0 Å². The number of rotatable bonds is 8. The predicted molar refractivity (Wildman–Crippen MR) is 130 cm³/mol. The summed E-state index contributed by atoms with van der Waals surface area (Å²) < 4.78 is 5.39. The van der Waals surface area contributed by atoms with Gasteiger partial charge in [-0.3, -0.25) is 24.2 Å². The summed E-state index contributed by atoms with van der Waals surface area (Å²) in [4.78, 5) is 48.0. The number of likely N-dealkylation sites (N-methyl/N-ethyl adjacent to an activating group) is 1. The normalized spacial score (nSPS) is 24.5. The lowest BCUT2D eigenvalue weighted by molar-refractivity contribution is -0.143. The van der Waals surface area contributed by atoms with Crippen LogP contribution in [0.5, 0.6) is 5.75 Å². The molecule has 0 radical (unpaired) electrons. The highest BCUT2D eigenvalue weighted by molar-refractivity contribution is 6.10. The highest BCUT2D eigenvalue weighted by atomic mass is 16.5. The Morgan fingerprint density at radius 2 is 1.82 bits per heavy atom. The quantitative estimate of drug-likeness (QED) is 0.539. The summed E-state index contributed by atoms with van der Waals surface area (Å²) in [5.74, 6) is 0.0741. The van der Waals surface area contributed by atoms with Gasteiger partial charge in [-0.15, -0.1) is 0 Å². The molecule has 1 aromatic rings. The monoisotopic (exact) mass is 470 g/mol. The largest absolute Gasteiger partial charge is 0.497 e. The molecule has 2 saturated heterocycles. The molecule has 8 heteroatoms. The van der Waals surface area contributed by atoms with Gasteiger partial charge in [0.15, 0.2) is 0 Å². The molecule has 1 saturated carbocycles. The van der Waals surface area contributed by atoms with Gasteiger partial charge in [0.2, 0.25) is 17.7 Å². The van der Waals surface area contributed by atoms with E-state index >= 15 is 0 Å². The van der Waals surface area contributed by atoms with E-state index in [4.69, 9.17) is 4.74 Å². The topological polar surface area (TPSA) is 73.4 Å². The first kappa shape index (κ1) is 24.7. The van der Waals surface area contributed by atoms with Gasteiger partial charge in [-0.1, -0.05) is 25.0 Å². The molecule has 0 spiro atoms. The fraction of sp³-hybridized carbons (Fsp3) is 0.654. The zero-order valence-corrected chi connectivity index (χ0v) is 20.8. The second-order valence-electron chi connectivity index (χ2n) is 10.2. The van der Waals surface area contributed by atoms with Crippen molar-refractivity contribution in [1.82, 2.24) is 19.6 Å². The van der Waals surface area contributed by atoms with Gasteiger partial charge >= 0.3 is 0 Å². The summed E-state index contributed by atoms with van der Waals surface area (Å²) in [6.45, 7) is 4.02. The maximum absolute atomic E-state index is 13.8. The third-order valence-electron chi connectivity index (χ3n) is 7.76. The first-order valence-electron chi connectivity index (χ1n) is 12.5. The second kappa shape index (κ2) is 10.4. The molecule has 3 amide bonds. The molecule has 186 valence electrons. The van der Waals surface area contributed by atoms with E-state index in [0.29, 0.717) is 43.5 Å². The van der Waals surface area contributed by atoms with Crippen LogP contribution >= 0.6 is 0 Å². The zero-order chi connectivity index (χ0) is 24.3. The molecule has 0 bridgehead atoms. The molecule has 1 aliphatic carbocycles. The van der Waals surface area contributed by atoms with Crippen molar-refractivity contribution in [2.24, 2.45) is 0 Å². The van der Waals surface area contributed by atoms with Crippen LogP contribution < -0.4 is 4.74 Å². The zero-order valence-electron chi connectivity index (χ0n) is 20.8. The SMILES string of the molecule is COc1cccc([C@@]2(CC(=O)N3CCN(C4CCCC4)CC3)CC(=O)N(CCN(C)C)C2=O)c1. The number of piperazine rings is 1. The maximum Gasteiger partial charge on any atom is 0.240 e. The number of imide groups is 1. The van der Waals surface area contributed by atoms with Crippen LogP contribution in [0.25, 0.3) is 0 Å². The number of likely N-dealkylation sites (tertiary alicyclic amines) is 1. The van der Waals surface area contributed by atoms with Crippen molar-refractivity contribution in [3.8, 4) is 5.75 Å². The Kier molecular flexibility index (Phi) is 7.57. The van der Waals surface area contributed by atoms with Crippen molar-refractivity contribution < 1.29 is 19.1 Å². The summed E-state index contributed by atoms with van der Waals surface area (Å²) in [5, 5.41) is 0. The van der Waals surface area contributed by atoms with E-state index < -0.39 is 5.41 Å². The summed E-state index contributed by atoms with van der Waals surface area (Å²) >= 11 is 0. The number of carbonyl (C=O) groups excluding carboxylic acids is 3. The Hall–Kier alpha value is -2.45. The second-order valence-corrected chi connectivity index (χ2v) is 10.2. The highest BCUT2D eigenvalue weighted by Crippen LogP contribution is 2.41. The Morgan fingerprint density at radius 3 is 2.47 bits per heavy atom. The van der Waals surface area contributed by atoms with Crippen LogP contribution in [0.3, 0.4) is 0 Å². The lowest BCUT2D eigenvalue weighted by Crippen LogP contribution is -2.53. The number of nitrogens with zero attached hydrogens (tertiary/aromatic N) is 4. The molecule has 2 heterocycles. The van der Waals surface area contributed by atoms with Gasteiger partial charge < -0.3 is 14.5 Å². The fourth-order valence-electron chi connectivity index (χ4n) is 5.69. The van der Waals surface area contributed by atoms with Crippen LogP contribution in [-0.2, 0) is 19.8 Å². The minimum Gasteiger partial charge on any atom is -0.497 e. The Balaban J connectivity index is 1.54. The van der Waals surface area contributed by atoms with Crippen LogP contribution in [0.2, 0.25) is 0 Å². The van der Waals surface area contributed by atoms with E-state index in [-0.39, 0.29) is 30.6 Å². The minimum absolute atomic E-state index is 0.00658. The Morgan fingerprint density at radius 1 is 1.12 bits per heavy atom. The molecular weight excluding hydrogens is 432 g/mol. The molecule has 3 fully saturated rings. The molecule has 8 nitrogen and oxygen atoms in total. The van der Waals surface area contributed by atoms with E-state index in [0.717, 1.165) is 13.1 Å². The third-order valence-corrected chi connectivity index (χ3v) is 7.76. The molecule has 0 N–H and O–H groups in total. The maximum atomic E-state index is 13.8. The summed E-state index contributed by atoms with van der Waals surface area (Å²) in [7, 11) is 5.40. The van der Waals surface area contributed by atoms with E-state index in [9.17, 15) is 14.4 Å². The molecular formula is C26H38N4O4. The number of methoxy groups -OCH3 is 1. The standard InChI is InChI=1S/C26H38N4O4/c1-27(2)11-16-30-24(32)19-26(25(30)33,20-7-6-10-22(17-20)34-3)18-23(31)29-14-12-28(13-15-29)21-8-4-5-9-21/h6-7,10,17,21H,4-5,8-9,11-16,18-19H2,1-3H3/t26-/m1/s1. The molecule has 0 unspecified atom stereocenters. The van der Waals surface area contributed by atoms with Gasteiger partial charge in [0.1, 0.15) is 5.75 Å². The van der Waals surface area contributed by atoms with Crippen LogP contribution in [0.1, 0.15) is 44.1 Å². The van der Waals surface area contributed by atoms with E-state index in [1.807, 2.05) is 42.1 Å². The molecule has 4 rings (SSSR count). The van der Waals surface area contributed by atoms with Crippen molar-refractivity contribution in [3.63, 3.8) is 0 Å². The number of ether oxygens (including phenoxy) is 1. The lowest BCUT2D eigenvalue weighted by atomic mass is 9.75. The smallest absolute Gasteiger partial charge is 0.240 e. The fourth-order valence-corrected chi connectivity index (χ4v) is 5.69. The highest BCUT2D eigenvalue weighted by Gasteiger charge is 2.54. The number of benzene rings is 1. The van der Waals surface area contributed by atoms with Crippen LogP contribution in [-0.4, -0.2) is 104 Å². The first-order chi connectivity index (χ1) is 16.3. The van der Waals surface area contributed by atoms with Gasteiger partial charge in [-0.2, -0.15) is 0 Å². The van der Waals surface area contributed by atoms with Gasteiger partial charge in [-0.25, -0.2) is 0 Å². The van der Waals surface area contributed by atoms with E-state index in [1.165, 1.54) is 30.6 Å². The van der Waals surface area contributed by atoms with Crippen LogP contribution in [0, 0.1) is 0 Å². The third kappa shape index (κ3) is 4.98. The average Bonchev–Trinajstić information content (AvgIpc) is 3.45. The van der Waals surface area contributed by atoms with E-state index in [1.54, 1.807) is 13.2 Å². The number of amides is 3. The van der Waals surface area contributed by atoms with E-state index in [2.05, 4.69) is 4.90 Å². The molecule has 1 aromatic carbocycles. The van der Waals surface area contributed by atoms with Crippen molar-refractivity contribution in [2.75, 3.05) is 60.5 Å². The minimum atomic E-state index is -1.18. The number of hydrogen-bond acceptors (Lipinski definition) is 6. The average molecular weight is 471 g/mol. The summed E-state index contributed by atoms with van der Waals surface area (Å²) in [6, 6.07) is 7.92. The number of hydrogen-bond donors (Lipinski definition) is 0. The molecule has 1 atom stereocenters. The lowest BCUT2D eigenvalue weighted by Gasteiger charge is -2.39. The van der Waals surface area contributed by atoms with Gasteiger partial charge in [0.05, 0.1) is 12.5 Å². The molecule has 0 aromatic heterocycles.